The number of aliphatic hydroxyl groups is 1. The van der Waals surface area contributed by atoms with E-state index in [0.29, 0.717) is 19.3 Å². The van der Waals surface area contributed by atoms with E-state index in [-0.39, 0.29) is 12.5 Å². The van der Waals surface area contributed by atoms with E-state index in [1.165, 1.54) is 14.2 Å². The molecule has 11 heteroatoms. The summed E-state index contributed by atoms with van der Waals surface area (Å²) in [4.78, 5) is 31.4. The molecule has 0 aromatic rings. The number of unbranched alkanes of at least 4 members (excludes halogenated alkanes) is 6. The molecule has 1 saturated heterocycles. The third-order valence-electron chi connectivity index (χ3n) is 7.74. The molecule has 0 bridgehead atoms. The highest BCUT2D eigenvalue weighted by molar-refractivity contribution is 6.60. The first kappa shape index (κ1) is 35.9. The van der Waals surface area contributed by atoms with Gasteiger partial charge < -0.3 is 27.9 Å². The van der Waals surface area contributed by atoms with Crippen LogP contribution in [-0.2, 0) is 37.2 Å². The second-order valence-corrected chi connectivity index (χ2v) is 14.9. The van der Waals surface area contributed by atoms with Gasteiger partial charge >= 0.3 is 20.7 Å². The van der Waals surface area contributed by atoms with Gasteiger partial charge in [-0.1, -0.05) is 38.5 Å². The van der Waals surface area contributed by atoms with Gasteiger partial charge in [0.25, 0.3) is 0 Å². The van der Waals surface area contributed by atoms with E-state index in [9.17, 15) is 14.7 Å². The van der Waals surface area contributed by atoms with Crippen LogP contribution in [0, 0.1) is 5.92 Å². The Hall–Kier alpha value is -1.08. The number of ether oxygens (including phenoxy) is 2. The average Bonchev–Trinajstić information content (AvgIpc) is 2.88. The Labute approximate surface area is 237 Å². The number of aliphatic hydroxyl groups excluding tert-OH is 1. The zero-order valence-corrected chi connectivity index (χ0v) is 26.9. The minimum atomic E-state index is -2.49. The van der Waals surface area contributed by atoms with Crippen LogP contribution in [0.3, 0.4) is 0 Å². The van der Waals surface area contributed by atoms with Crippen LogP contribution in [0.5, 0.6) is 0 Å². The van der Waals surface area contributed by atoms with Gasteiger partial charge in [0, 0.05) is 38.5 Å². The molecular formula is C28H55NO9Si. The molecule has 1 aliphatic rings. The second-order valence-electron chi connectivity index (χ2n) is 11.9. The molecule has 0 saturated carbocycles. The molecule has 1 N–H and O–H groups in total. The predicted molar refractivity (Wildman–Crippen MR) is 151 cm³/mol. The van der Waals surface area contributed by atoms with Gasteiger partial charge in [0.05, 0.1) is 26.4 Å². The molecule has 0 aliphatic carbocycles. The van der Waals surface area contributed by atoms with E-state index in [0.717, 1.165) is 51.0 Å². The van der Waals surface area contributed by atoms with Crippen molar-refractivity contribution in [3.63, 3.8) is 0 Å². The smallest absolute Gasteiger partial charge is 0.468 e. The number of carbonyl (C=O) groups is 2. The van der Waals surface area contributed by atoms with E-state index in [1.54, 1.807) is 21.3 Å². The van der Waals surface area contributed by atoms with Crippen molar-refractivity contribution in [3.8, 4) is 0 Å². The maximum absolute atomic E-state index is 12.4. The van der Waals surface area contributed by atoms with E-state index in [1.807, 2.05) is 32.8 Å². The zero-order valence-electron chi connectivity index (χ0n) is 25.9. The van der Waals surface area contributed by atoms with Crippen LogP contribution in [0.15, 0.2) is 0 Å². The molecule has 1 heterocycles. The van der Waals surface area contributed by atoms with Crippen molar-refractivity contribution >= 4 is 20.7 Å². The van der Waals surface area contributed by atoms with Gasteiger partial charge in [0.1, 0.15) is 0 Å². The summed E-state index contributed by atoms with van der Waals surface area (Å²) in [5, 5.41) is 12.4. The van der Waals surface area contributed by atoms with Crippen LogP contribution in [0.1, 0.15) is 98.3 Å². The van der Waals surface area contributed by atoms with Gasteiger partial charge in [-0.3, -0.25) is 14.4 Å². The second kappa shape index (κ2) is 17.0. The molecule has 0 spiro atoms. The third kappa shape index (κ3) is 11.4. The molecule has 0 amide bonds. The minimum absolute atomic E-state index is 0.175. The minimum Gasteiger partial charge on any atom is -0.468 e. The van der Waals surface area contributed by atoms with Crippen molar-refractivity contribution in [2.24, 2.45) is 5.92 Å². The summed E-state index contributed by atoms with van der Waals surface area (Å²) in [6.07, 6.45) is 8.62. The Morgan fingerprint density at radius 2 is 1.23 bits per heavy atom. The summed E-state index contributed by atoms with van der Waals surface area (Å²) in [7, 11) is 4.99. The lowest BCUT2D eigenvalue weighted by atomic mass is 9.80. The van der Waals surface area contributed by atoms with Gasteiger partial charge in [-0.15, -0.1) is 0 Å². The fourth-order valence-corrected chi connectivity index (χ4v) is 7.64. The first-order valence-corrected chi connectivity index (χ1v) is 16.2. The monoisotopic (exact) mass is 577 g/mol. The molecule has 0 radical (unpaired) electrons. The molecule has 0 aromatic carbocycles. The number of carbonyl (C=O) groups excluding carboxylic acids is 2. The number of hydrogen-bond donors (Lipinski definition) is 1. The summed E-state index contributed by atoms with van der Waals surface area (Å²) in [5.74, 6) is -2.29. The van der Waals surface area contributed by atoms with Gasteiger partial charge in [-0.25, -0.2) is 0 Å². The quantitative estimate of drug-likeness (QED) is 0.101. The van der Waals surface area contributed by atoms with Gasteiger partial charge in [0.2, 0.25) is 0 Å². The maximum Gasteiger partial charge on any atom is 0.500 e. The number of methoxy groups -OCH3 is 2. The Morgan fingerprint density at radius 1 is 0.795 bits per heavy atom. The number of nitrogens with zero attached hydrogens (tertiary/aromatic N) is 1. The molecule has 230 valence electrons. The van der Waals surface area contributed by atoms with Crippen LogP contribution < -0.4 is 0 Å². The number of esters is 2. The zero-order chi connectivity index (χ0) is 29.7. The number of piperidine rings is 1. The van der Waals surface area contributed by atoms with Crippen molar-refractivity contribution in [1.82, 2.24) is 5.06 Å². The van der Waals surface area contributed by atoms with Crippen LogP contribution in [0.4, 0.5) is 0 Å². The lowest BCUT2D eigenvalue weighted by Gasteiger charge is -2.53. The summed E-state index contributed by atoms with van der Waals surface area (Å²) in [6.45, 7) is 8.19. The SMILES string of the molecule is COC(=O)C(CC(CCCCCCCCC[Si](OC)(OC)OC)ON1C(C)(C)CC(O)CC1(C)C)C(=O)OC. The Kier molecular flexibility index (Phi) is 15.7. The lowest BCUT2D eigenvalue weighted by molar-refractivity contribution is -0.316. The molecule has 1 aliphatic heterocycles. The largest absolute Gasteiger partial charge is 0.500 e. The molecule has 1 unspecified atom stereocenters. The molecular weight excluding hydrogens is 522 g/mol. The Balaban J connectivity index is 2.72. The van der Waals surface area contributed by atoms with E-state index >= 15 is 0 Å². The molecule has 1 atom stereocenters. The van der Waals surface area contributed by atoms with Gasteiger partial charge in [-0.05, 0) is 59.8 Å². The molecule has 0 aromatic heterocycles. The number of hydrogen-bond acceptors (Lipinski definition) is 10. The Bertz CT molecular complexity index is 688. The summed E-state index contributed by atoms with van der Waals surface area (Å²) < 4.78 is 26.2. The highest BCUT2D eigenvalue weighted by Gasteiger charge is 2.47. The molecule has 1 rings (SSSR count). The van der Waals surface area contributed by atoms with Crippen LogP contribution in [0.25, 0.3) is 0 Å². The van der Waals surface area contributed by atoms with Crippen molar-refractivity contribution in [1.29, 1.82) is 0 Å². The first-order chi connectivity index (χ1) is 18.3. The van der Waals surface area contributed by atoms with E-state index in [4.69, 9.17) is 27.6 Å². The van der Waals surface area contributed by atoms with Crippen LogP contribution >= 0.6 is 0 Å². The fourth-order valence-electron chi connectivity index (χ4n) is 5.85. The van der Waals surface area contributed by atoms with Crippen molar-refractivity contribution in [2.45, 2.75) is 128 Å². The van der Waals surface area contributed by atoms with E-state index < -0.39 is 43.8 Å². The topological polar surface area (TPSA) is 113 Å². The van der Waals surface area contributed by atoms with Gasteiger partial charge in [-0.2, -0.15) is 5.06 Å². The standard InChI is InChI=1S/C28H55NO9Si/c1-27(2)20-22(30)21-28(3,4)29(27)38-23(19-24(25(31)33-5)26(32)34-6)17-15-13-11-10-12-14-16-18-39(35-7,36-8)37-9/h22-24,30H,10-21H2,1-9H3. The number of rotatable bonds is 19. The molecule has 10 nitrogen and oxygen atoms in total. The molecule has 39 heavy (non-hydrogen) atoms. The summed E-state index contributed by atoms with van der Waals surface area (Å²) in [5.41, 5.74) is -0.833. The summed E-state index contributed by atoms with van der Waals surface area (Å²) >= 11 is 0. The summed E-state index contributed by atoms with van der Waals surface area (Å²) in [6, 6.07) is 0.817. The predicted octanol–water partition coefficient (Wildman–Crippen LogP) is 4.65. The van der Waals surface area contributed by atoms with Gasteiger partial charge in [0.15, 0.2) is 5.92 Å². The van der Waals surface area contributed by atoms with Crippen LogP contribution in [0.2, 0.25) is 6.04 Å². The Morgan fingerprint density at radius 3 is 1.67 bits per heavy atom. The van der Waals surface area contributed by atoms with Crippen molar-refractivity contribution in [3.05, 3.63) is 0 Å². The highest BCUT2D eigenvalue weighted by atomic mass is 28.4. The van der Waals surface area contributed by atoms with Crippen molar-refractivity contribution in [2.75, 3.05) is 35.5 Å². The normalized spacial score (nSPS) is 18.7. The first-order valence-electron chi connectivity index (χ1n) is 14.3. The van der Waals surface area contributed by atoms with Crippen molar-refractivity contribution < 1.29 is 42.3 Å². The average molecular weight is 578 g/mol. The molecule has 1 fully saturated rings. The maximum atomic E-state index is 12.4. The lowest BCUT2D eigenvalue weighted by Crippen LogP contribution is -2.62. The highest BCUT2D eigenvalue weighted by Crippen LogP contribution is 2.40. The fraction of sp³-hybridized carbons (Fsp3) is 0.929. The third-order valence-corrected chi connectivity index (χ3v) is 10.6. The van der Waals surface area contributed by atoms with Crippen LogP contribution in [-0.4, -0.2) is 89.7 Å². The number of hydroxylamine groups is 2. The van der Waals surface area contributed by atoms with E-state index in [2.05, 4.69) is 0 Å².